The molecule has 1 atom stereocenters. The lowest BCUT2D eigenvalue weighted by atomic mass is 10.1. The molecular formula is C18H21FN2O. The van der Waals surface area contributed by atoms with Gasteiger partial charge in [0, 0.05) is 43.5 Å². The minimum absolute atomic E-state index is 0.0863. The molecule has 1 heterocycles. The standard InChI is InChI=1S/C18H21FN2O/c1-14(17-4-2-3-5-18(17)19)20-10-12-21(13-11-20)15-6-8-16(22)9-7-15/h2-9,14,22H,10-13H2,1H3. The molecule has 1 N–H and O–H groups in total. The second kappa shape index (κ2) is 6.36. The van der Waals surface area contributed by atoms with Crippen molar-refractivity contribution >= 4 is 5.69 Å². The summed E-state index contributed by atoms with van der Waals surface area (Å²) >= 11 is 0. The Kier molecular flexibility index (Phi) is 4.29. The van der Waals surface area contributed by atoms with E-state index in [2.05, 4.69) is 16.7 Å². The van der Waals surface area contributed by atoms with Crippen LogP contribution in [-0.4, -0.2) is 36.2 Å². The summed E-state index contributed by atoms with van der Waals surface area (Å²) in [6.45, 7) is 5.68. The third-order valence-corrected chi connectivity index (χ3v) is 4.43. The predicted octanol–water partition coefficient (Wildman–Crippen LogP) is 3.41. The fraction of sp³-hybridized carbons (Fsp3) is 0.333. The Bertz CT molecular complexity index is 621. The Morgan fingerprint density at radius 3 is 2.23 bits per heavy atom. The van der Waals surface area contributed by atoms with Crippen LogP contribution in [0.4, 0.5) is 10.1 Å². The fourth-order valence-corrected chi connectivity index (χ4v) is 3.04. The molecule has 0 aromatic heterocycles. The van der Waals surface area contributed by atoms with Crippen LogP contribution in [0, 0.1) is 5.82 Å². The topological polar surface area (TPSA) is 26.7 Å². The first-order valence-electron chi connectivity index (χ1n) is 7.67. The van der Waals surface area contributed by atoms with E-state index in [4.69, 9.17) is 0 Å². The molecule has 3 rings (SSSR count). The number of hydrogen-bond acceptors (Lipinski definition) is 3. The molecular weight excluding hydrogens is 279 g/mol. The molecule has 0 bridgehead atoms. The first-order chi connectivity index (χ1) is 10.6. The third kappa shape index (κ3) is 3.07. The molecule has 1 aliphatic rings. The van der Waals surface area contributed by atoms with Crippen LogP contribution in [0.2, 0.25) is 0 Å². The summed E-state index contributed by atoms with van der Waals surface area (Å²) in [6.07, 6.45) is 0. The Hall–Kier alpha value is -2.07. The first-order valence-corrected chi connectivity index (χ1v) is 7.67. The first kappa shape index (κ1) is 14.9. The van der Waals surface area contributed by atoms with Crippen molar-refractivity contribution < 1.29 is 9.50 Å². The van der Waals surface area contributed by atoms with Gasteiger partial charge < -0.3 is 10.0 Å². The molecule has 0 spiro atoms. The summed E-state index contributed by atoms with van der Waals surface area (Å²) < 4.78 is 13.9. The number of benzene rings is 2. The van der Waals surface area contributed by atoms with Gasteiger partial charge in [-0.25, -0.2) is 4.39 Å². The van der Waals surface area contributed by atoms with E-state index in [0.717, 1.165) is 37.4 Å². The second-order valence-electron chi connectivity index (χ2n) is 5.74. The molecule has 1 fully saturated rings. The van der Waals surface area contributed by atoms with Gasteiger partial charge in [-0.3, -0.25) is 4.90 Å². The van der Waals surface area contributed by atoms with Crippen molar-refractivity contribution in [2.75, 3.05) is 31.1 Å². The molecule has 0 aliphatic carbocycles. The molecule has 1 aliphatic heterocycles. The highest BCUT2D eigenvalue weighted by Gasteiger charge is 2.23. The van der Waals surface area contributed by atoms with Crippen molar-refractivity contribution in [1.29, 1.82) is 0 Å². The van der Waals surface area contributed by atoms with Gasteiger partial charge in [-0.15, -0.1) is 0 Å². The van der Waals surface area contributed by atoms with Gasteiger partial charge in [0.1, 0.15) is 11.6 Å². The molecule has 116 valence electrons. The smallest absolute Gasteiger partial charge is 0.127 e. The van der Waals surface area contributed by atoms with Gasteiger partial charge in [0.05, 0.1) is 0 Å². The zero-order chi connectivity index (χ0) is 15.5. The maximum Gasteiger partial charge on any atom is 0.127 e. The maximum atomic E-state index is 13.9. The Morgan fingerprint density at radius 1 is 0.955 bits per heavy atom. The van der Waals surface area contributed by atoms with Crippen molar-refractivity contribution in [2.45, 2.75) is 13.0 Å². The van der Waals surface area contributed by atoms with Crippen molar-refractivity contribution in [3.63, 3.8) is 0 Å². The number of aromatic hydroxyl groups is 1. The van der Waals surface area contributed by atoms with Crippen LogP contribution in [0.15, 0.2) is 48.5 Å². The third-order valence-electron chi connectivity index (χ3n) is 4.43. The number of rotatable bonds is 3. The van der Waals surface area contributed by atoms with Crippen LogP contribution in [0.25, 0.3) is 0 Å². The van der Waals surface area contributed by atoms with Gasteiger partial charge in [0.2, 0.25) is 0 Å². The van der Waals surface area contributed by atoms with Crippen LogP contribution < -0.4 is 4.90 Å². The van der Waals surface area contributed by atoms with Crippen LogP contribution in [0.1, 0.15) is 18.5 Å². The highest BCUT2D eigenvalue weighted by molar-refractivity contribution is 5.49. The minimum Gasteiger partial charge on any atom is -0.508 e. The molecule has 0 amide bonds. The number of phenols is 1. The Balaban J connectivity index is 1.64. The summed E-state index contributed by atoms with van der Waals surface area (Å²) in [5.74, 6) is 0.159. The van der Waals surface area contributed by atoms with Crippen LogP contribution >= 0.6 is 0 Å². The number of nitrogens with zero attached hydrogens (tertiary/aromatic N) is 2. The largest absolute Gasteiger partial charge is 0.508 e. The average Bonchev–Trinajstić information content (AvgIpc) is 2.56. The van der Waals surface area contributed by atoms with E-state index in [0.29, 0.717) is 0 Å². The minimum atomic E-state index is -0.129. The Morgan fingerprint density at radius 2 is 1.59 bits per heavy atom. The zero-order valence-electron chi connectivity index (χ0n) is 12.7. The molecule has 2 aromatic rings. The second-order valence-corrected chi connectivity index (χ2v) is 5.74. The lowest BCUT2D eigenvalue weighted by Crippen LogP contribution is -2.47. The summed E-state index contributed by atoms with van der Waals surface area (Å²) in [5, 5.41) is 9.36. The normalized spacial score (nSPS) is 17.5. The summed E-state index contributed by atoms with van der Waals surface area (Å²) in [4.78, 5) is 4.61. The fourth-order valence-electron chi connectivity index (χ4n) is 3.04. The number of piperazine rings is 1. The number of anilines is 1. The summed E-state index contributed by atoms with van der Waals surface area (Å²) in [5.41, 5.74) is 1.89. The molecule has 22 heavy (non-hydrogen) atoms. The summed E-state index contributed by atoms with van der Waals surface area (Å²) in [6, 6.07) is 14.4. The number of halogens is 1. The van der Waals surface area contributed by atoms with E-state index in [1.165, 1.54) is 6.07 Å². The summed E-state index contributed by atoms with van der Waals surface area (Å²) in [7, 11) is 0. The predicted molar refractivity (Wildman–Crippen MR) is 86.7 cm³/mol. The van der Waals surface area contributed by atoms with E-state index >= 15 is 0 Å². The Labute approximate surface area is 130 Å². The van der Waals surface area contributed by atoms with Crippen molar-refractivity contribution in [2.24, 2.45) is 0 Å². The lowest BCUT2D eigenvalue weighted by Gasteiger charge is -2.39. The van der Waals surface area contributed by atoms with Crippen LogP contribution in [0.3, 0.4) is 0 Å². The van der Waals surface area contributed by atoms with E-state index < -0.39 is 0 Å². The van der Waals surface area contributed by atoms with Gasteiger partial charge in [0.15, 0.2) is 0 Å². The molecule has 0 radical (unpaired) electrons. The van der Waals surface area contributed by atoms with E-state index in [1.54, 1.807) is 18.2 Å². The van der Waals surface area contributed by atoms with Gasteiger partial charge in [0.25, 0.3) is 0 Å². The van der Waals surface area contributed by atoms with Gasteiger partial charge in [-0.05, 0) is 37.3 Å². The van der Waals surface area contributed by atoms with Crippen LogP contribution in [-0.2, 0) is 0 Å². The molecule has 4 heteroatoms. The SMILES string of the molecule is CC(c1ccccc1F)N1CCN(c2ccc(O)cc2)CC1. The van der Waals surface area contributed by atoms with E-state index in [1.807, 2.05) is 24.3 Å². The highest BCUT2D eigenvalue weighted by Crippen LogP contribution is 2.26. The maximum absolute atomic E-state index is 13.9. The van der Waals surface area contributed by atoms with E-state index in [-0.39, 0.29) is 17.6 Å². The lowest BCUT2D eigenvalue weighted by molar-refractivity contribution is 0.195. The van der Waals surface area contributed by atoms with Crippen molar-refractivity contribution in [3.05, 3.63) is 59.9 Å². The molecule has 2 aromatic carbocycles. The molecule has 3 nitrogen and oxygen atoms in total. The van der Waals surface area contributed by atoms with Gasteiger partial charge in [-0.1, -0.05) is 18.2 Å². The monoisotopic (exact) mass is 300 g/mol. The van der Waals surface area contributed by atoms with Crippen LogP contribution in [0.5, 0.6) is 5.75 Å². The average molecular weight is 300 g/mol. The quantitative estimate of drug-likeness (QED) is 0.941. The van der Waals surface area contributed by atoms with Crippen molar-refractivity contribution in [1.82, 2.24) is 4.90 Å². The van der Waals surface area contributed by atoms with Gasteiger partial charge in [-0.2, -0.15) is 0 Å². The molecule has 1 saturated heterocycles. The highest BCUT2D eigenvalue weighted by atomic mass is 19.1. The van der Waals surface area contributed by atoms with E-state index in [9.17, 15) is 9.50 Å². The molecule has 0 saturated carbocycles. The van der Waals surface area contributed by atoms with Gasteiger partial charge >= 0.3 is 0 Å². The number of hydrogen-bond donors (Lipinski definition) is 1. The number of phenolic OH excluding ortho intramolecular Hbond substituents is 1. The van der Waals surface area contributed by atoms with Crippen molar-refractivity contribution in [3.8, 4) is 5.75 Å². The molecule has 1 unspecified atom stereocenters. The zero-order valence-corrected chi connectivity index (χ0v) is 12.7.